The molecule has 3 aromatic rings. The Morgan fingerprint density at radius 1 is 0.647 bits per heavy atom. The fourth-order valence-electron chi connectivity index (χ4n) is 6.68. The maximum atomic E-state index is 14.2. The zero-order chi connectivity index (χ0) is 23.8. The first-order chi connectivity index (χ1) is 16.3. The van der Waals surface area contributed by atoms with Gasteiger partial charge in [-0.15, -0.1) is 0 Å². The zero-order valence-electron chi connectivity index (χ0n) is 18.8. The highest BCUT2D eigenvalue weighted by Gasteiger charge is 2.79. The number of allylic oxidation sites excluding steroid dienone is 2. The average Bonchev–Trinajstić information content (AvgIpc) is 3.30. The smallest absolute Gasteiger partial charge is 0.239 e. The van der Waals surface area contributed by atoms with Crippen LogP contribution >= 0.6 is 11.6 Å². The van der Waals surface area contributed by atoms with Crippen LogP contribution in [0.3, 0.4) is 0 Å². The summed E-state index contributed by atoms with van der Waals surface area (Å²) in [5, 5.41) is 0.331. The number of amides is 2. The average molecular weight is 468 g/mol. The van der Waals surface area contributed by atoms with Crippen molar-refractivity contribution >= 4 is 46.0 Å². The summed E-state index contributed by atoms with van der Waals surface area (Å²) >= 11 is 6.40. The molecule has 34 heavy (non-hydrogen) atoms. The lowest BCUT2D eigenvalue weighted by Gasteiger charge is -2.35. The van der Waals surface area contributed by atoms with E-state index in [4.69, 9.17) is 11.6 Å². The zero-order valence-corrected chi connectivity index (χ0v) is 19.5. The van der Waals surface area contributed by atoms with Crippen molar-refractivity contribution in [2.75, 3.05) is 4.90 Å². The molecule has 0 radical (unpaired) electrons. The van der Waals surface area contributed by atoms with Crippen molar-refractivity contribution in [3.63, 3.8) is 0 Å². The van der Waals surface area contributed by atoms with Gasteiger partial charge in [-0.25, -0.2) is 4.90 Å². The summed E-state index contributed by atoms with van der Waals surface area (Å²) in [6, 6.07) is 26.3. The Morgan fingerprint density at radius 3 is 1.50 bits per heavy atom. The fourth-order valence-corrected chi connectivity index (χ4v) is 6.90. The van der Waals surface area contributed by atoms with Crippen LogP contribution in [0.1, 0.15) is 25.0 Å². The van der Waals surface area contributed by atoms with E-state index in [0.29, 0.717) is 10.7 Å². The van der Waals surface area contributed by atoms with Crippen molar-refractivity contribution < 1.29 is 14.4 Å². The van der Waals surface area contributed by atoms with Crippen LogP contribution in [0.5, 0.6) is 0 Å². The molecule has 1 saturated carbocycles. The van der Waals surface area contributed by atoms with E-state index in [1.807, 2.05) is 74.5 Å². The predicted molar refractivity (Wildman–Crippen MR) is 132 cm³/mol. The van der Waals surface area contributed by atoms with Crippen LogP contribution in [-0.2, 0) is 14.4 Å². The van der Waals surface area contributed by atoms with Crippen molar-refractivity contribution in [3.05, 3.63) is 101 Å². The Bertz CT molecular complexity index is 1330. The fraction of sp³-hybridized carbons (Fsp3) is 0.207. The normalized spacial score (nSPS) is 29.9. The summed E-state index contributed by atoms with van der Waals surface area (Å²) < 4.78 is 0. The van der Waals surface area contributed by atoms with E-state index < -0.39 is 22.7 Å². The molecule has 2 fully saturated rings. The number of benzene rings is 3. The Balaban J connectivity index is 1.64. The topological polar surface area (TPSA) is 54.5 Å². The second-order valence-electron chi connectivity index (χ2n) is 9.63. The molecule has 4 nitrogen and oxygen atoms in total. The number of anilines is 1. The molecule has 0 unspecified atom stereocenters. The molecule has 1 saturated heterocycles. The van der Waals surface area contributed by atoms with Gasteiger partial charge in [0.15, 0.2) is 5.78 Å². The highest BCUT2D eigenvalue weighted by Crippen LogP contribution is 2.73. The van der Waals surface area contributed by atoms with Gasteiger partial charge in [0.25, 0.3) is 0 Å². The molecule has 3 aromatic carbocycles. The first-order valence-electron chi connectivity index (χ1n) is 11.4. The Hall–Kier alpha value is -3.50. The molecule has 1 aliphatic heterocycles. The molecule has 6 rings (SSSR count). The number of fused-ring (bicyclic) bond motifs is 5. The highest BCUT2D eigenvalue weighted by atomic mass is 35.5. The summed E-state index contributed by atoms with van der Waals surface area (Å²) in [4.78, 5) is 43.3. The summed E-state index contributed by atoms with van der Waals surface area (Å²) in [6.45, 7) is 3.69. The van der Waals surface area contributed by atoms with Crippen molar-refractivity contribution in [2.45, 2.75) is 13.8 Å². The molecule has 4 atom stereocenters. The van der Waals surface area contributed by atoms with Gasteiger partial charge in [-0.2, -0.15) is 0 Å². The van der Waals surface area contributed by atoms with Crippen LogP contribution in [0.15, 0.2) is 84.9 Å². The lowest BCUT2D eigenvalue weighted by Crippen LogP contribution is -2.40. The highest BCUT2D eigenvalue weighted by molar-refractivity contribution is 6.38. The first kappa shape index (κ1) is 21.1. The summed E-state index contributed by atoms with van der Waals surface area (Å²) in [5.74, 6) is -2.34. The molecular weight excluding hydrogens is 446 g/mol. The Morgan fingerprint density at radius 2 is 1.06 bits per heavy atom. The molecule has 0 N–H and O–H groups in total. The van der Waals surface area contributed by atoms with E-state index in [9.17, 15) is 14.4 Å². The van der Waals surface area contributed by atoms with Crippen LogP contribution in [0.25, 0.3) is 11.1 Å². The molecule has 168 valence electrons. The molecule has 5 heteroatoms. The quantitative estimate of drug-likeness (QED) is 0.466. The standard InChI is InChI=1S/C29H22ClNO3/c1-28-21(17-11-5-3-6-12-17)22(18-13-7-4-8-14-18)29(2,27(28)34)24-23(28)25(32)31(26(24)33)20-16-10-9-15-19(20)30/h3-16,23-24H,1-2H3/t23-,24+,28-,29+. The van der Waals surface area contributed by atoms with Gasteiger partial charge in [0.05, 0.1) is 33.4 Å². The summed E-state index contributed by atoms with van der Waals surface area (Å²) in [5.41, 5.74) is 1.59. The van der Waals surface area contributed by atoms with E-state index in [0.717, 1.165) is 22.3 Å². The van der Waals surface area contributed by atoms with E-state index >= 15 is 0 Å². The van der Waals surface area contributed by atoms with Gasteiger partial charge < -0.3 is 0 Å². The number of para-hydroxylation sites is 1. The van der Waals surface area contributed by atoms with E-state index in [1.165, 1.54) is 4.90 Å². The van der Waals surface area contributed by atoms with E-state index in [2.05, 4.69) is 0 Å². The maximum absolute atomic E-state index is 14.2. The molecule has 1 heterocycles. The number of carbonyl (C=O) groups is 3. The molecule has 0 aromatic heterocycles. The monoisotopic (exact) mass is 467 g/mol. The van der Waals surface area contributed by atoms with Crippen molar-refractivity contribution in [2.24, 2.45) is 22.7 Å². The third-order valence-corrected chi connectivity index (χ3v) is 8.32. The molecule has 2 amide bonds. The lowest BCUT2D eigenvalue weighted by atomic mass is 9.63. The van der Waals surface area contributed by atoms with E-state index in [-0.39, 0.29) is 17.6 Å². The second-order valence-corrected chi connectivity index (χ2v) is 10.0. The van der Waals surface area contributed by atoms with Gasteiger partial charge in [0.2, 0.25) is 11.8 Å². The maximum Gasteiger partial charge on any atom is 0.239 e. The molecule has 0 spiro atoms. The van der Waals surface area contributed by atoms with Crippen molar-refractivity contribution in [1.29, 1.82) is 0 Å². The minimum absolute atomic E-state index is 0.0618. The SMILES string of the molecule is C[C@]12C(=O)[C@](C)(C(c3ccccc3)=C1c1ccccc1)[C@H]1C(=O)N(c3ccccc3Cl)C(=O)[C@H]12. The van der Waals surface area contributed by atoms with Gasteiger partial charge in [0.1, 0.15) is 0 Å². The van der Waals surface area contributed by atoms with Gasteiger partial charge in [-0.05, 0) is 48.3 Å². The van der Waals surface area contributed by atoms with Crippen LogP contribution in [-0.4, -0.2) is 17.6 Å². The first-order valence-corrected chi connectivity index (χ1v) is 11.7. The van der Waals surface area contributed by atoms with Crippen LogP contribution in [0, 0.1) is 22.7 Å². The Labute approximate surface area is 202 Å². The molecule has 2 bridgehead atoms. The molecular formula is C29H22ClNO3. The van der Waals surface area contributed by atoms with E-state index in [1.54, 1.807) is 24.3 Å². The number of imide groups is 1. The Kier molecular flexibility index (Phi) is 4.34. The molecule has 3 aliphatic rings. The van der Waals surface area contributed by atoms with Gasteiger partial charge >= 0.3 is 0 Å². The minimum atomic E-state index is -1.13. The van der Waals surface area contributed by atoms with Crippen LogP contribution < -0.4 is 4.90 Å². The largest absolute Gasteiger partial charge is 0.298 e. The van der Waals surface area contributed by atoms with Crippen LogP contribution in [0.2, 0.25) is 5.02 Å². The van der Waals surface area contributed by atoms with Gasteiger partial charge in [-0.1, -0.05) is 84.4 Å². The second kappa shape index (κ2) is 7.00. The lowest BCUT2D eigenvalue weighted by molar-refractivity contribution is -0.133. The number of hydrogen-bond donors (Lipinski definition) is 0. The third-order valence-electron chi connectivity index (χ3n) is 8.00. The van der Waals surface area contributed by atoms with Crippen LogP contribution in [0.4, 0.5) is 5.69 Å². The minimum Gasteiger partial charge on any atom is -0.298 e. The number of carbonyl (C=O) groups excluding carboxylic acids is 3. The summed E-state index contributed by atoms with van der Waals surface area (Å²) in [6.07, 6.45) is 0. The number of halogens is 1. The number of ketones is 1. The van der Waals surface area contributed by atoms with Crippen molar-refractivity contribution in [3.8, 4) is 0 Å². The number of nitrogens with zero attached hydrogens (tertiary/aromatic N) is 1. The number of hydrogen-bond acceptors (Lipinski definition) is 3. The van der Waals surface area contributed by atoms with Crippen molar-refractivity contribution in [1.82, 2.24) is 0 Å². The van der Waals surface area contributed by atoms with Gasteiger partial charge in [0, 0.05) is 0 Å². The predicted octanol–water partition coefficient (Wildman–Crippen LogP) is 5.67. The van der Waals surface area contributed by atoms with Gasteiger partial charge in [-0.3, -0.25) is 14.4 Å². The molecule has 2 aliphatic carbocycles. The number of rotatable bonds is 3. The number of Topliss-reactive ketones (excluding diaryl/α,β-unsaturated/α-hetero) is 1. The summed E-state index contributed by atoms with van der Waals surface area (Å²) in [7, 11) is 0. The third kappa shape index (κ3) is 2.36.